The molecule has 1 aromatic heterocycles. The van der Waals surface area contributed by atoms with Crippen molar-refractivity contribution in [3.05, 3.63) is 95.7 Å². The first-order valence-electron chi connectivity index (χ1n) is 40.8. The molecule has 2 aromatic carbocycles. The maximum atomic E-state index is 15.2. The number of allylic oxidation sites excluding steroid dienone is 2. The van der Waals surface area contributed by atoms with Crippen LogP contribution in [0.4, 0.5) is 0 Å². The number of H-pyrrole nitrogens is 1. The molecule has 14 atom stereocenters. The second-order valence-electron chi connectivity index (χ2n) is 31.9. The van der Waals surface area contributed by atoms with Crippen LogP contribution in [0.5, 0.6) is 0 Å². The number of nitrogens with one attached hydrogen (secondary N) is 11. The van der Waals surface area contributed by atoms with Gasteiger partial charge >= 0.3 is 11.9 Å². The summed E-state index contributed by atoms with van der Waals surface area (Å²) in [4.78, 5) is 235. The molecule has 1 aliphatic heterocycles. The van der Waals surface area contributed by atoms with E-state index in [4.69, 9.17) is 11.5 Å². The van der Waals surface area contributed by atoms with Gasteiger partial charge in [0, 0.05) is 73.1 Å². The van der Waals surface area contributed by atoms with E-state index in [-0.39, 0.29) is 80.9 Å². The molecule has 33 nitrogen and oxygen atoms in total. The quantitative estimate of drug-likeness (QED) is 0.0256. The van der Waals surface area contributed by atoms with Crippen molar-refractivity contribution in [1.82, 2.24) is 58.4 Å². The van der Waals surface area contributed by atoms with Gasteiger partial charge in [-0.1, -0.05) is 108 Å². The highest BCUT2D eigenvalue weighted by atomic mass is 16.4. The number of benzene rings is 2. The van der Waals surface area contributed by atoms with E-state index in [2.05, 4.69) is 70.7 Å². The summed E-state index contributed by atoms with van der Waals surface area (Å²) in [6.07, 6.45) is 11.3. The minimum absolute atomic E-state index is 0.0195. The molecule has 8 amide bonds. The Kier molecular flexibility index (Phi) is 41.6. The smallest absolute Gasteiger partial charge is 0.335 e. The zero-order chi connectivity index (χ0) is 88.3. The van der Waals surface area contributed by atoms with E-state index in [0.717, 1.165) is 44.9 Å². The average molecular weight is 1650 g/mol. The van der Waals surface area contributed by atoms with E-state index < -0.39 is 196 Å². The Morgan fingerprint density at radius 2 is 1.19 bits per heavy atom. The number of rotatable bonds is 30. The van der Waals surface area contributed by atoms with Crippen LogP contribution in [-0.2, 0) is 89.6 Å². The lowest BCUT2D eigenvalue weighted by Crippen LogP contribution is -2.62. The first-order chi connectivity index (χ1) is 55.6. The molecular weight excluding hydrogens is 1520 g/mol. The van der Waals surface area contributed by atoms with Crippen molar-refractivity contribution in [2.45, 2.75) is 270 Å². The summed E-state index contributed by atoms with van der Waals surface area (Å²) in [5.41, 5.74) is 20.2. The van der Waals surface area contributed by atoms with Gasteiger partial charge in [0.2, 0.25) is 70.4 Å². The number of fused-ring (bicyclic) bond motifs is 1. The zero-order valence-electron chi connectivity index (χ0n) is 70.1. The zero-order valence-corrected chi connectivity index (χ0v) is 70.1. The van der Waals surface area contributed by atoms with Gasteiger partial charge in [-0.05, 0) is 174 Å². The number of carboxylic acids is 2. The number of hydrazine groups is 1. The first-order valence-corrected chi connectivity index (χ1v) is 40.8. The topological polar surface area (TPSA) is 545 Å². The van der Waals surface area contributed by atoms with Gasteiger partial charge in [0.1, 0.15) is 29.4 Å². The lowest BCUT2D eigenvalue weighted by atomic mass is 9.72. The Bertz CT molecular complexity index is 4080. The minimum atomic E-state index is -1.74. The van der Waals surface area contributed by atoms with Crippen LogP contribution in [0.2, 0.25) is 0 Å². The monoisotopic (exact) mass is 1650 g/mol. The number of nitrogens with two attached hydrogens (primary N) is 3. The van der Waals surface area contributed by atoms with Crippen molar-refractivity contribution in [1.29, 1.82) is 0 Å². The molecule has 5 rings (SSSR count). The van der Waals surface area contributed by atoms with Gasteiger partial charge in [0.25, 0.3) is 0 Å². The predicted octanol–water partition coefficient (Wildman–Crippen LogP) is 3.88. The van der Waals surface area contributed by atoms with Crippen molar-refractivity contribution in [2.24, 2.45) is 46.3 Å². The molecular formula is C85H126N14O19. The number of aromatic carboxylic acids is 1. The standard InChI is InChI=1S/C84H121N13O19.CH5N/c1-47(75(86)108)44-87-50(4)71(104)72(105)51(5)90-76(109)53(7)92-77(110)54(8)93-78(111)55(9)94-82(116)84(11)38-23-19-17-15-13-12-14-16-18-22-37-83(10,43-48(2)98)49(3)70(103)65(34-36-69(101)102)96-97-66(40-57-29-31-58(32-30-57)81(114)115)67(99)42-59(41-60-45-88-63-28-21-20-27-62(60)63)79(112)91-52(6)73(106)74(107)64(33-35-68(85)100)89-46-61(80(113)95-84)39-56-25-24-26-56;1-2/h15,17,20-21,27-32,45,47,50-56,59,61,64-66,87-89,96-97H,3,12-14,16,18-19,22-26,33-44,46H2,1-2,4-11H3,(H2,85,100)(H2,86,108)(H,90,109)(H,91,112)(H,92,110)(H,93,111)(H,94,116)(H,95,113)(H,101,102)(H,114,115);2H2,1H3/b17-15+;/t47-,50-,51-,52?,53?,54-,55?,59+,61+,64-,65-,66-,83-,84-;/m0./s1. The van der Waals surface area contributed by atoms with Gasteiger partial charge in [-0.15, -0.1) is 0 Å². The van der Waals surface area contributed by atoms with Crippen LogP contribution in [0.15, 0.2) is 79.0 Å². The van der Waals surface area contributed by atoms with E-state index in [9.17, 15) is 77.3 Å². The lowest BCUT2D eigenvalue weighted by molar-refractivity contribution is -0.140. The molecule has 0 bridgehead atoms. The number of aromatic amines is 1. The van der Waals surface area contributed by atoms with E-state index in [1.807, 2.05) is 12.2 Å². The number of aliphatic carboxylic acids is 1. The number of ketones is 7. The SMILES string of the molecule is C=C1C(=O)[C@H](CCC(=O)O)NN[C@@H](Cc2ccc(C(=O)O)cc2)C(=O)C[C@@H](Cc2c[nH]c3ccccc23)C(=O)NC(C)C(=O)C(=O)[C@H](CCC(N)=O)NC[C@@H](CC2CCC2)C(=O)N[C@](C)(C(=O)NC(C)C(=O)N[C@@H](C)C(=O)NC(C)C(=O)N[C@@H](C)C(=O)C(=O)[C@H](C)NC[C@H](C)C(N)=O)CCC/C=C/CCCCCCC[C@@]1(C)CC(C)=O.CN. The second kappa shape index (κ2) is 49.1. The minimum Gasteiger partial charge on any atom is -0.481 e. The Hall–Kier alpha value is -10.3. The van der Waals surface area contributed by atoms with Crippen LogP contribution in [0.25, 0.3) is 10.9 Å². The summed E-state index contributed by atoms with van der Waals surface area (Å²) >= 11 is 0. The Labute approximate surface area is 690 Å². The molecule has 2 aliphatic rings. The third-order valence-corrected chi connectivity index (χ3v) is 21.9. The van der Waals surface area contributed by atoms with Gasteiger partial charge in [-0.2, -0.15) is 0 Å². The number of Topliss-reactive ketones (excluding diaryl/α,β-unsaturated/α-hetero) is 7. The van der Waals surface area contributed by atoms with Gasteiger partial charge in [-0.3, -0.25) is 76.7 Å². The number of carbonyl (C=O) groups is 17. The number of primary amides is 2. The Balaban J connectivity index is 0.0000145. The summed E-state index contributed by atoms with van der Waals surface area (Å²) in [6.45, 7) is 18.1. The van der Waals surface area contributed by atoms with Crippen LogP contribution in [-0.4, -0.2) is 195 Å². The third-order valence-electron chi connectivity index (χ3n) is 21.9. The number of aromatic nitrogens is 1. The Morgan fingerprint density at radius 3 is 1.77 bits per heavy atom. The molecule has 3 unspecified atom stereocenters. The van der Waals surface area contributed by atoms with Crippen molar-refractivity contribution >= 4 is 111 Å². The lowest BCUT2D eigenvalue weighted by Gasteiger charge is -2.35. The average Bonchev–Trinajstić information content (AvgIpc) is 1.13. The van der Waals surface area contributed by atoms with E-state index >= 15 is 14.4 Å². The molecule has 0 saturated heterocycles. The number of para-hydroxylation sites is 1. The molecule has 3 aromatic rings. The molecule has 33 heteroatoms. The van der Waals surface area contributed by atoms with Crippen LogP contribution in [0.1, 0.15) is 219 Å². The maximum Gasteiger partial charge on any atom is 0.335 e. The van der Waals surface area contributed by atoms with Crippen LogP contribution in [0.3, 0.4) is 0 Å². The summed E-state index contributed by atoms with van der Waals surface area (Å²) in [6, 6.07) is 0.817. The fraction of sp³-hybridized carbons (Fsp3) is 0.588. The van der Waals surface area contributed by atoms with Gasteiger partial charge < -0.3 is 74.9 Å². The summed E-state index contributed by atoms with van der Waals surface area (Å²) in [7, 11) is 1.50. The van der Waals surface area contributed by atoms with E-state index in [1.165, 1.54) is 93.6 Å². The van der Waals surface area contributed by atoms with Gasteiger partial charge in [0.15, 0.2) is 11.6 Å². The number of amides is 8. The highest BCUT2D eigenvalue weighted by molar-refractivity contribution is 6.41. The third kappa shape index (κ3) is 32.2. The molecule has 1 saturated carbocycles. The molecule has 19 N–H and O–H groups in total. The van der Waals surface area contributed by atoms with Gasteiger partial charge in [-0.25, -0.2) is 15.6 Å². The Morgan fingerprint density at radius 1 is 0.619 bits per heavy atom. The van der Waals surface area contributed by atoms with Crippen LogP contribution < -0.4 is 70.6 Å². The highest BCUT2D eigenvalue weighted by Gasteiger charge is 2.42. The largest absolute Gasteiger partial charge is 0.481 e. The maximum absolute atomic E-state index is 15.2. The summed E-state index contributed by atoms with van der Waals surface area (Å²) < 4.78 is 0. The molecule has 1 fully saturated rings. The summed E-state index contributed by atoms with van der Waals surface area (Å²) in [5, 5.41) is 41.9. The number of hydrogen-bond donors (Lipinski definition) is 16. The van der Waals surface area contributed by atoms with Crippen LogP contribution >= 0.6 is 0 Å². The van der Waals surface area contributed by atoms with E-state index in [0.29, 0.717) is 54.1 Å². The van der Waals surface area contributed by atoms with Crippen molar-refractivity contribution in [3.63, 3.8) is 0 Å². The van der Waals surface area contributed by atoms with Crippen molar-refractivity contribution in [3.8, 4) is 0 Å². The van der Waals surface area contributed by atoms with E-state index in [1.54, 1.807) is 37.4 Å². The van der Waals surface area contributed by atoms with Crippen LogP contribution in [0, 0.1) is 29.1 Å². The fourth-order valence-electron chi connectivity index (χ4n) is 14.0. The molecule has 118 heavy (non-hydrogen) atoms. The summed E-state index contributed by atoms with van der Waals surface area (Å²) in [5.74, 6) is -17.1. The van der Waals surface area contributed by atoms with Gasteiger partial charge in [0.05, 0.1) is 47.7 Å². The van der Waals surface area contributed by atoms with Crippen molar-refractivity contribution < 1.29 is 91.7 Å². The highest BCUT2D eigenvalue weighted by Crippen LogP contribution is 2.38. The number of carbonyl (C=O) groups excluding carboxylic acids is 15. The predicted molar refractivity (Wildman–Crippen MR) is 442 cm³/mol. The second-order valence-corrected chi connectivity index (χ2v) is 31.9. The molecule has 650 valence electrons. The molecule has 2 heterocycles. The molecule has 1 aliphatic carbocycles. The normalized spacial score (nSPS) is 23.6. The number of carboxylic acid groups (broad SMARTS) is 2. The molecule has 0 spiro atoms. The van der Waals surface area contributed by atoms with Crippen molar-refractivity contribution in [2.75, 3.05) is 20.1 Å². The fourth-order valence-corrected chi connectivity index (χ4v) is 14.0. The first kappa shape index (κ1) is 100. The molecule has 0 radical (unpaired) electrons. The number of hydrogen-bond acceptors (Lipinski definition) is 22.